The summed E-state index contributed by atoms with van der Waals surface area (Å²) >= 11 is 1.86. The van der Waals surface area contributed by atoms with E-state index in [4.69, 9.17) is 0 Å². The smallest absolute Gasteiger partial charge is 0.0335 e. The maximum Gasteiger partial charge on any atom is 0.0335 e. The molecule has 0 radical (unpaired) electrons. The van der Waals surface area contributed by atoms with E-state index in [0.717, 1.165) is 6.54 Å². The second-order valence-corrected chi connectivity index (χ2v) is 6.31. The molecular formula is C17H24N2S. The van der Waals surface area contributed by atoms with Crippen LogP contribution < -0.4 is 5.32 Å². The number of rotatable bonds is 8. The molecule has 1 unspecified atom stereocenters. The van der Waals surface area contributed by atoms with Gasteiger partial charge in [-0.2, -0.15) is 0 Å². The molecule has 2 heterocycles. The second kappa shape index (κ2) is 8.18. The maximum atomic E-state index is 4.33. The molecule has 0 aliphatic carbocycles. The van der Waals surface area contributed by atoms with Gasteiger partial charge < -0.3 is 5.32 Å². The summed E-state index contributed by atoms with van der Waals surface area (Å²) in [5.41, 5.74) is 2.56. The molecule has 0 amide bonds. The Hall–Kier alpha value is -1.19. The van der Waals surface area contributed by atoms with Crippen molar-refractivity contribution >= 4 is 11.3 Å². The van der Waals surface area contributed by atoms with Gasteiger partial charge in [-0.3, -0.25) is 4.98 Å². The number of thiophene rings is 1. The maximum absolute atomic E-state index is 4.33. The highest BCUT2D eigenvalue weighted by molar-refractivity contribution is 7.09. The lowest BCUT2D eigenvalue weighted by Crippen LogP contribution is -2.22. The van der Waals surface area contributed by atoms with E-state index in [1.165, 1.54) is 41.7 Å². The lowest BCUT2D eigenvalue weighted by atomic mass is 10.0. The SMILES string of the molecule is CCCNC(CCCc1cccs1)c1cncc(C)c1. The van der Waals surface area contributed by atoms with E-state index in [-0.39, 0.29) is 0 Å². The van der Waals surface area contributed by atoms with Crippen molar-refractivity contribution in [1.82, 2.24) is 10.3 Å². The van der Waals surface area contributed by atoms with Crippen molar-refractivity contribution in [3.05, 3.63) is 52.0 Å². The van der Waals surface area contributed by atoms with Crippen molar-refractivity contribution in [2.75, 3.05) is 6.54 Å². The Labute approximate surface area is 126 Å². The minimum absolute atomic E-state index is 0.433. The fraction of sp³-hybridized carbons (Fsp3) is 0.471. The molecule has 2 rings (SSSR count). The zero-order valence-corrected chi connectivity index (χ0v) is 13.2. The summed E-state index contributed by atoms with van der Waals surface area (Å²) in [4.78, 5) is 5.82. The average molecular weight is 288 g/mol. The van der Waals surface area contributed by atoms with Gasteiger partial charge in [-0.15, -0.1) is 11.3 Å². The summed E-state index contributed by atoms with van der Waals surface area (Å²) in [5, 5.41) is 5.82. The number of aryl methyl sites for hydroxylation is 2. The molecular weight excluding hydrogens is 264 g/mol. The van der Waals surface area contributed by atoms with Crippen LogP contribution in [0.5, 0.6) is 0 Å². The number of pyridine rings is 1. The summed E-state index contributed by atoms with van der Waals surface area (Å²) in [5.74, 6) is 0. The quantitative estimate of drug-likeness (QED) is 0.772. The number of nitrogens with zero attached hydrogens (tertiary/aromatic N) is 1. The molecule has 2 aromatic heterocycles. The third-order valence-electron chi connectivity index (χ3n) is 3.44. The van der Waals surface area contributed by atoms with Crippen LogP contribution in [0.15, 0.2) is 36.0 Å². The van der Waals surface area contributed by atoms with Gasteiger partial charge in [-0.25, -0.2) is 0 Å². The highest BCUT2D eigenvalue weighted by atomic mass is 32.1. The first-order valence-corrected chi connectivity index (χ1v) is 8.35. The van der Waals surface area contributed by atoms with Crippen LogP contribution >= 0.6 is 11.3 Å². The third-order valence-corrected chi connectivity index (χ3v) is 4.37. The van der Waals surface area contributed by atoms with Crippen molar-refractivity contribution in [3.63, 3.8) is 0 Å². The van der Waals surface area contributed by atoms with Crippen molar-refractivity contribution in [1.29, 1.82) is 0 Å². The van der Waals surface area contributed by atoms with Crippen LogP contribution in [0.25, 0.3) is 0 Å². The normalized spacial score (nSPS) is 12.5. The van der Waals surface area contributed by atoms with Gasteiger partial charge in [0.15, 0.2) is 0 Å². The van der Waals surface area contributed by atoms with E-state index in [0.29, 0.717) is 6.04 Å². The first kappa shape index (κ1) is 15.2. The number of hydrogen-bond acceptors (Lipinski definition) is 3. The van der Waals surface area contributed by atoms with Gasteiger partial charge >= 0.3 is 0 Å². The molecule has 2 nitrogen and oxygen atoms in total. The standard InChI is InChI=1S/C17H24N2S/c1-3-9-19-17(15-11-14(2)12-18-13-15)8-4-6-16-7-5-10-20-16/h5,7,10-13,17,19H,3-4,6,8-9H2,1-2H3. The number of nitrogens with one attached hydrogen (secondary N) is 1. The first-order chi connectivity index (χ1) is 9.79. The molecule has 0 aliphatic rings. The summed E-state index contributed by atoms with van der Waals surface area (Å²) in [7, 11) is 0. The zero-order chi connectivity index (χ0) is 14.2. The van der Waals surface area contributed by atoms with E-state index in [9.17, 15) is 0 Å². The molecule has 0 saturated heterocycles. The predicted molar refractivity (Wildman–Crippen MR) is 87.3 cm³/mol. The van der Waals surface area contributed by atoms with Crippen LogP contribution in [0.4, 0.5) is 0 Å². The van der Waals surface area contributed by atoms with E-state index in [1.807, 2.05) is 23.7 Å². The third kappa shape index (κ3) is 4.73. The predicted octanol–water partition coefficient (Wildman–Crippen LogP) is 4.52. The minimum atomic E-state index is 0.433. The van der Waals surface area contributed by atoms with Gasteiger partial charge in [0.25, 0.3) is 0 Å². The monoisotopic (exact) mass is 288 g/mol. The topological polar surface area (TPSA) is 24.9 Å². The summed E-state index contributed by atoms with van der Waals surface area (Å²) < 4.78 is 0. The summed E-state index contributed by atoms with van der Waals surface area (Å²) in [6.07, 6.45) is 8.66. The molecule has 0 aromatic carbocycles. The van der Waals surface area contributed by atoms with Gasteiger partial charge in [-0.1, -0.05) is 19.1 Å². The van der Waals surface area contributed by atoms with Gasteiger partial charge in [0.05, 0.1) is 0 Å². The van der Waals surface area contributed by atoms with Crippen molar-refractivity contribution in [3.8, 4) is 0 Å². The minimum Gasteiger partial charge on any atom is -0.310 e. The van der Waals surface area contributed by atoms with Crippen LogP contribution in [0.2, 0.25) is 0 Å². The lowest BCUT2D eigenvalue weighted by Gasteiger charge is -2.19. The van der Waals surface area contributed by atoms with Crippen LogP contribution in [-0.2, 0) is 6.42 Å². The Morgan fingerprint density at radius 1 is 1.35 bits per heavy atom. The number of aromatic nitrogens is 1. The Kier molecular flexibility index (Phi) is 6.22. The first-order valence-electron chi connectivity index (χ1n) is 7.47. The molecule has 0 fully saturated rings. The highest BCUT2D eigenvalue weighted by Gasteiger charge is 2.11. The van der Waals surface area contributed by atoms with E-state index in [1.54, 1.807) is 0 Å². The van der Waals surface area contributed by atoms with Crippen molar-refractivity contribution in [2.45, 2.75) is 45.6 Å². The lowest BCUT2D eigenvalue weighted by molar-refractivity contribution is 0.483. The molecule has 0 aliphatic heterocycles. The summed E-state index contributed by atoms with van der Waals surface area (Å²) in [6.45, 7) is 5.39. The van der Waals surface area contributed by atoms with E-state index in [2.05, 4.69) is 47.7 Å². The van der Waals surface area contributed by atoms with Gasteiger partial charge in [-0.05, 0) is 61.7 Å². The van der Waals surface area contributed by atoms with Gasteiger partial charge in [0.1, 0.15) is 0 Å². The summed E-state index contributed by atoms with van der Waals surface area (Å²) in [6, 6.07) is 7.05. The van der Waals surface area contributed by atoms with Crippen molar-refractivity contribution < 1.29 is 0 Å². The molecule has 2 aromatic rings. The molecule has 1 atom stereocenters. The molecule has 108 valence electrons. The zero-order valence-electron chi connectivity index (χ0n) is 12.4. The Bertz CT molecular complexity index is 493. The van der Waals surface area contributed by atoms with E-state index < -0.39 is 0 Å². The largest absolute Gasteiger partial charge is 0.310 e. The highest BCUT2D eigenvalue weighted by Crippen LogP contribution is 2.21. The Balaban J connectivity index is 1.92. The fourth-order valence-corrected chi connectivity index (χ4v) is 3.16. The molecule has 0 bridgehead atoms. The van der Waals surface area contributed by atoms with Crippen molar-refractivity contribution in [2.24, 2.45) is 0 Å². The molecule has 0 spiro atoms. The van der Waals surface area contributed by atoms with Crippen LogP contribution in [0.1, 0.15) is 48.2 Å². The average Bonchev–Trinajstić information content (AvgIpc) is 2.96. The molecule has 0 saturated carbocycles. The van der Waals surface area contributed by atoms with Gasteiger partial charge in [0, 0.05) is 23.3 Å². The van der Waals surface area contributed by atoms with Crippen LogP contribution in [-0.4, -0.2) is 11.5 Å². The molecule has 3 heteroatoms. The Morgan fingerprint density at radius 2 is 2.25 bits per heavy atom. The van der Waals surface area contributed by atoms with Crippen LogP contribution in [0, 0.1) is 6.92 Å². The molecule has 1 N–H and O–H groups in total. The fourth-order valence-electron chi connectivity index (χ4n) is 2.41. The van der Waals surface area contributed by atoms with Gasteiger partial charge in [0.2, 0.25) is 0 Å². The number of hydrogen-bond donors (Lipinski definition) is 1. The van der Waals surface area contributed by atoms with E-state index >= 15 is 0 Å². The Morgan fingerprint density at radius 3 is 2.95 bits per heavy atom. The second-order valence-electron chi connectivity index (χ2n) is 5.27. The van der Waals surface area contributed by atoms with Crippen LogP contribution in [0.3, 0.4) is 0 Å². The molecule has 20 heavy (non-hydrogen) atoms.